The highest BCUT2D eigenvalue weighted by Crippen LogP contribution is 2.15. The van der Waals surface area contributed by atoms with Crippen molar-refractivity contribution in [2.45, 2.75) is 32.3 Å². The zero-order valence-electron chi connectivity index (χ0n) is 9.13. The van der Waals surface area contributed by atoms with E-state index in [1.54, 1.807) is 6.92 Å². The third-order valence-electron chi connectivity index (χ3n) is 2.28. The average molecular weight is 224 g/mol. The van der Waals surface area contributed by atoms with E-state index in [1.165, 1.54) is 18.2 Å². The Bertz CT molecular complexity index is 384. The minimum atomic E-state index is -0.757. The van der Waals surface area contributed by atoms with Crippen LogP contribution in [0.3, 0.4) is 0 Å². The van der Waals surface area contributed by atoms with Crippen molar-refractivity contribution in [3.8, 4) is 11.8 Å². The molecule has 1 nitrogen and oxygen atoms in total. The van der Waals surface area contributed by atoms with Crippen molar-refractivity contribution in [3.05, 3.63) is 35.4 Å². The van der Waals surface area contributed by atoms with Crippen LogP contribution in [-0.2, 0) is 6.42 Å². The number of hydrogen-bond donors (Lipinski definition) is 1. The Kier molecular flexibility index (Phi) is 4.94. The van der Waals surface area contributed by atoms with Crippen LogP contribution in [-0.4, -0.2) is 11.2 Å². The van der Waals surface area contributed by atoms with Crippen molar-refractivity contribution in [3.63, 3.8) is 0 Å². The molecule has 1 aromatic carbocycles. The predicted octanol–water partition coefficient (Wildman–Crippen LogP) is 2.67. The summed E-state index contributed by atoms with van der Waals surface area (Å²) < 4.78 is 26.4. The van der Waals surface area contributed by atoms with E-state index >= 15 is 0 Å². The Morgan fingerprint density at radius 1 is 1.31 bits per heavy atom. The summed E-state index contributed by atoms with van der Waals surface area (Å²) in [5, 5.41) is 9.58. The first kappa shape index (κ1) is 12.7. The molecule has 0 heterocycles. The molecule has 16 heavy (non-hydrogen) atoms. The third kappa shape index (κ3) is 3.63. The fourth-order valence-corrected chi connectivity index (χ4v) is 1.43. The van der Waals surface area contributed by atoms with Gasteiger partial charge in [0.05, 0.1) is 6.10 Å². The van der Waals surface area contributed by atoms with E-state index in [-0.39, 0.29) is 12.0 Å². The lowest BCUT2D eigenvalue weighted by molar-refractivity contribution is 0.164. The van der Waals surface area contributed by atoms with Gasteiger partial charge in [0.15, 0.2) is 0 Å². The van der Waals surface area contributed by atoms with Gasteiger partial charge < -0.3 is 5.11 Å². The molecule has 0 aliphatic heterocycles. The molecule has 1 atom stereocenters. The first-order valence-corrected chi connectivity index (χ1v) is 5.15. The number of hydrogen-bond acceptors (Lipinski definition) is 1. The van der Waals surface area contributed by atoms with Crippen LogP contribution in [0, 0.1) is 23.5 Å². The number of rotatable bonds is 4. The quantitative estimate of drug-likeness (QED) is 0.779. The van der Waals surface area contributed by atoms with Gasteiger partial charge >= 0.3 is 0 Å². The molecule has 86 valence electrons. The Morgan fingerprint density at radius 2 is 1.94 bits per heavy atom. The molecule has 1 N–H and O–H groups in total. The maximum Gasteiger partial charge on any atom is 0.129 e. The van der Waals surface area contributed by atoms with Gasteiger partial charge in [-0.25, -0.2) is 8.78 Å². The molecule has 0 saturated heterocycles. The minimum absolute atomic E-state index is 0.0100. The molecule has 0 aliphatic rings. The van der Waals surface area contributed by atoms with E-state index in [2.05, 4.69) is 11.8 Å². The molecular weight excluding hydrogens is 210 g/mol. The standard InChI is InChI=1S/C13H14F2O/c1-2-3-4-6-10(16)9-11-12(14)7-5-8-13(11)15/h5,7-8,10,16H,4,6,9H2,1H3. The van der Waals surface area contributed by atoms with Gasteiger partial charge in [0.1, 0.15) is 11.6 Å². The smallest absolute Gasteiger partial charge is 0.129 e. The first-order valence-electron chi connectivity index (χ1n) is 5.15. The maximum absolute atomic E-state index is 13.2. The van der Waals surface area contributed by atoms with Crippen LogP contribution in [0.25, 0.3) is 0 Å². The SMILES string of the molecule is CC#CCCC(O)Cc1c(F)cccc1F. The summed E-state index contributed by atoms with van der Waals surface area (Å²) in [4.78, 5) is 0. The summed E-state index contributed by atoms with van der Waals surface area (Å²) in [6.45, 7) is 1.71. The molecule has 0 radical (unpaired) electrons. The number of halogens is 2. The van der Waals surface area contributed by atoms with Crippen molar-refractivity contribution in [2.75, 3.05) is 0 Å². The minimum Gasteiger partial charge on any atom is -0.393 e. The van der Waals surface area contributed by atoms with Crippen molar-refractivity contribution < 1.29 is 13.9 Å². The summed E-state index contributed by atoms with van der Waals surface area (Å²) in [7, 11) is 0. The highest BCUT2D eigenvalue weighted by Gasteiger charge is 2.12. The van der Waals surface area contributed by atoms with Crippen LogP contribution in [0.15, 0.2) is 18.2 Å². The van der Waals surface area contributed by atoms with Crippen molar-refractivity contribution in [2.24, 2.45) is 0 Å². The molecule has 0 bridgehead atoms. The summed E-state index contributed by atoms with van der Waals surface area (Å²) in [6.07, 6.45) is 0.193. The summed E-state index contributed by atoms with van der Waals surface area (Å²) >= 11 is 0. The summed E-state index contributed by atoms with van der Waals surface area (Å²) in [5.41, 5.74) is -0.0561. The van der Waals surface area contributed by atoms with Crippen LogP contribution >= 0.6 is 0 Å². The molecular formula is C13H14F2O. The van der Waals surface area contributed by atoms with E-state index in [0.29, 0.717) is 12.8 Å². The van der Waals surface area contributed by atoms with Gasteiger partial charge in [-0.15, -0.1) is 11.8 Å². The molecule has 0 aliphatic carbocycles. The van der Waals surface area contributed by atoms with Crippen molar-refractivity contribution >= 4 is 0 Å². The molecule has 0 fully saturated rings. The Balaban J connectivity index is 2.61. The molecule has 1 unspecified atom stereocenters. The van der Waals surface area contributed by atoms with Crippen LogP contribution in [0.2, 0.25) is 0 Å². The lowest BCUT2D eigenvalue weighted by atomic mass is 10.0. The molecule has 3 heteroatoms. The second-order valence-corrected chi connectivity index (χ2v) is 3.52. The number of aliphatic hydroxyl groups is 1. The molecule has 0 saturated carbocycles. The molecule has 0 amide bonds. The average Bonchev–Trinajstić information content (AvgIpc) is 2.24. The normalized spacial score (nSPS) is 11.8. The highest BCUT2D eigenvalue weighted by molar-refractivity contribution is 5.20. The van der Waals surface area contributed by atoms with Gasteiger partial charge in [-0.2, -0.15) is 0 Å². The Morgan fingerprint density at radius 3 is 2.50 bits per heavy atom. The fraction of sp³-hybridized carbons (Fsp3) is 0.385. The van der Waals surface area contributed by atoms with Crippen LogP contribution in [0.4, 0.5) is 8.78 Å². The van der Waals surface area contributed by atoms with Crippen molar-refractivity contribution in [1.82, 2.24) is 0 Å². The molecule has 0 spiro atoms. The lowest BCUT2D eigenvalue weighted by Gasteiger charge is -2.10. The largest absolute Gasteiger partial charge is 0.393 e. The highest BCUT2D eigenvalue weighted by atomic mass is 19.1. The van der Waals surface area contributed by atoms with Crippen molar-refractivity contribution in [1.29, 1.82) is 0 Å². The summed E-state index contributed by atoms with van der Waals surface area (Å²) in [6, 6.07) is 3.69. The van der Waals surface area contributed by atoms with Crippen LogP contribution in [0.5, 0.6) is 0 Å². The third-order valence-corrected chi connectivity index (χ3v) is 2.28. The van der Waals surface area contributed by atoms with Gasteiger partial charge in [0, 0.05) is 18.4 Å². The van der Waals surface area contributed by atoms with E-state index in [9.17, 15) is 13.9 Å². The molecule has 1 rings (SSSR count). The lowest BCUT2D eigenvalue weighted by Crippen LogP contribution is -2.12. The Labute approximate surface area is 94.1 Å². The second kappa shape index (κ2) is 6.24. The van der Waals surface area contributed by atoms with E-state index in [0.717, 1.165) is 0 Å². The number of aliphatic hydroxyl groups excluding tert-OH is 1. The van der Waals surface area contributed by atoms with Gasteiger partial charge in [0.25, 0.3) is 0 Å². The zero-order valence-corrected chi connectivity index (χ0v) is 9.13. The van der Waals surface area contributed by atoms with E-state index < -0.39 is 17.7 Å². The number of benzene rings is 1. The van der Waals surface area contributed by atoms with Gasteiger partial charge in [-0.05, 0) is 25.5 Å². The Hall–Kier alpha value is -1.40. The topological polar surface area (TPSA) is 20.2 Å². The second-order valence-electron chi connectivity index (χ2n) is 3.52. The predicted molar refractivity (Wildman–Crippen MR) is 58.8 cm³/mol. The first-order chi connectivity index (χ1) is 7.65. The molecule has 1 aromatic rings. The maximum atomic E-state index is 13.2. The zero-order chi connectivity index (χ0) is 12.0. The fourth-order valence-electron chi connectivity index (χ4n) is 1.43. The van der Waals surface area contributed by atoms with Gasteiger partial charge in [-0.1, -0.05) is 6.07 Å². The molecule has 0 aromatic heterocycles. The van der Waals surface area contributed by atoms with Crippen LogP contribution < -0.4 is 0 Å². The van der Waals surface area contributed by atoms with Crippen LogP contribution in [0.1, 0.15) is 25.3 Å². The van der Waals surface area contributed by atoms with Gasteiger partial charge in [0.2, 0.25) is 0 Å². The van der Waals surface area contributed by atoms with Gasteiger partial charge in [-0.3, -0.25) is 0 Å². The summed E-state index contributed by atoms with van der Waals surface area (Å²) in [5.74, 6) is 4.28. The monoisotopic (exact) mass is 224 g/mol. The van der Waals surface area contributed by atoms with E-state index in [4.69, 9.17) is 0 Å². The van der Waals surface area contributed by atoms with E-state index in [1.807, 2.05) is 0 Å².